The van der Waals surface area contributed by atoms with E-state index in [1.807, 2.05) is 0 Å². The molecule has 130 valence electrons. The molecule has 0 aromatic heterocycles. The number of nitro groups is 1. The van der Waals surface area contributed by atoms with E-state index in [1.54, 1.807) is 12.1 Å². The Morgan fingerprint density at radius 2 is 1.96 bits per heavy atom. The molecule has 1 unspecified atom stereocenters. The summed E-state index contributed by atoms with van der Waals surface area (Å²) in [7, 11) is 0. The van der Waals surface area contributed by atoms with Crippen molar-refractivity contribution in [3.05, 3.63) is 84.6 Å². The van der Waals surface area contributed by atoms with Gasteiger partial charge in [-0.3, -0.25) is 14.9 Å². The summed E-state index contributed by atoms with van der Waals surface area (Å²) < 4.78 is 14.2. The van der Waals surface area contributed by atoms with Crippen molar-refractivity contribution >= 4 is 49.9 Å². The fourth-order valence-electron chi connectivity index (χ4n) is 3.32. The molecule has 0 saturated carbocycles. The van der Waals surface area contributed by atoms with E-state index in [1.165, 1.54) is 30.3 Å². The van der Waals surface area contributed by atoms with Crippen LogP contribution in [0, 0.1) is 15.9 Å². The highest BCUT2D eigenvalue weighted by Gasteiger charge is 2.35. The van der Waals surface area contributed by atoms with E-state index in [-0.39, 0.29) is 5.69 Å². The lowest BCUT2D eigenvalue weighted by atomic mass is 9.93. The van der Waals surface area contributed by atoms with Gasteiger partial charge in [-0.15, -0.1) is 0 Å². The van der Waals surface area contributed by atoms with Gasteiger partial charge in [-0.25, -0.2) is 4.39 Å². The van der Waals surface area contributed by atoms with E-state index in [4.69, 9.17) is 11.6 Å². The second-order valence-corrected chi connectivity index (χ2v) is 7.11. The van der Waals surface area contributed by atoms with E-state index in [0.29, 0.717) is 37.0 Å². The number of carbonyl (C=O) groups is 1. The van der Waals surface area contributed by atoms with Crippen LogP contribution in [-0.4, -0.2) is 10.8 Å². The molecule has 0 bridgehead atoms. The molecule has 0 radical (unpaired) electrons. The third-order valence-corrected chi connectivity index (χ3v) is 5.41. The van der Waals surface area contributed by atoms with Gasteiger partial charge in [0, 0.05) is 32.1 Å². The number of amides is 1. The predicted molar refractivity (Wildman–Crippen MR) is 99.0 cm³/mol. The molecule has 5 nitrogen and oxygen atoms in total. The topological polar surface area (TPSA) is 72.2 Å². The zero-order valence-electron chi connectivity index (χ0n) is 12.9. The summed E-state index contributed by atoms with van der Waals surface area (Å²) in [4.78, 5) is 23.5. The molecule has 4 rings (SSSR count). The zero-order valence-corrected chi connectivity index (χ0v) is 15.3. The van der Waals surface area contributed by atoms with E-state index in [9.17, 15) is 19.3 Å². The largest absolute Gasteiger partial charge is 0.341 e. The van der Waals surface area contributed by atoms with Crippen molar-refractivity contribution in [2.24, 2.45) is 0 Å². The maximum Gasteiger partial charge on any atom is 0.277 e. The minimum atomic E-state index is -0.654. The molecule has 26 heavy (non-hydrogen) atoms. The number of hydrogen-bond acceptors (Lipinski definition) is 3. The molecule has 0 aliphatic carbocycles. The van der Waals surface area contributed by atoms with E-state index in [0.717, 1.165) is 0 Å². The summed E-state index contributed by atoms with van der Waals surface area (Å²) in [6, 6.07) is 9.46. The smallest absolute Gasteiger partial charge is 0.277 e. The molecule has 3 aromatic carbocycles. The Balaban J connectivity index is 2.04. The van der Waals surface area contributed by atoms with Crippen molar-refractivity contribution in [2.45, 2.75) is 6.04 Å². The van der Waals surface area contributed by atoms with Crippen LogP contribution in [0.25, 0.3) is 10.8 Å². The fraction of sp³-hybridized carbons (Fsp3) is 0.0556. The number of nitrogens with zero attached hydrogens (tertiary/aromatic N) is 1. The highest BCUT2D eigenvalue weighted by atomic mass is 79.9. The third-order valence-electron chi connectivity index (χ3n) is 4.41. The number of non-ortho nitro benzene ring substituents is 1. The highest BCUT2D eigenvalue weighted by molar-refractivity contribution is 9.10. The van der Waals surface area contributed by atoms with Gasteiger partial charge in [-0.2, -0.15) is 0 Å². The molecule has 8 heteroatoms. The number of carbonyl (C=O) groups excluding carboxylic acids is 1. The van der Waals surface area contributed by atoms with Crippen molar-refractivity contribution in [3.8, 4) is 0 Å². The molecule has 3 aromatic rings. The first-order chi connectivity index (χ1) is 12.4. The van der Waals surface area contributed by atoms with Crippen LogP contribution in [0.4, 0.5) is 10.1 Å². The summed E-state index contributed by atoms with van der Waals surface area (Å²) in [5, 5.41) is 15.2. The molecule has 1 amide bonds. The van der Waals surface area contributed by atoms with Crippen molar-refractivity contribution in [2.75, 3.05) is 0 Å². The SMILES string of the molecule is O=C1NC(c2cc(F)ccc2Cl)c2c(Br)cc3c([N+](=O)[O-])cccc3c21. The Morgan fingerprint density at radius 3 is 2.69 bits per heavy atom. The standard InChI is InChI=1S/C18H9BrClFN2O3/c19-12-7-10-9(2-1-3-14(10)23(25)26)15-16(12)17(22-18(15)24)11-6-8(21)4-5-13(11)20/h1-7,17H,(H,22,24). The van der Waals surface area contributed by atoms with Gasteiger partial charge in [0.25, 0.3) is 11.6 Å². The minimum absolute atomic E-state index is 0.0916. The Kier molecular flexibility index (Phi) is 3.93. The highest BCUT2D eigenvalue weighted by Crippen LogP contribution is 2.43. The Labute approximate surface area is 160 Å². The van der Waals surface area contributed by atoms with Crippen LogP contribution in [0.5, 0.6) is 0 Å². The molecular weight excluding hydrogens is 427 g/mol. The summed E-state index contributed by atoms with van der Waals surface area (Å²) in [6.07, 6.45) is 0. The monoisotopic (exact) mass is 434 g/mol. The van der Waals surface area contributed by atoms with Gasteiger partial charge >= 0.3 is 0 Å². The molecule has 1 heterocycles. The number of nitro benzene ring substituents is 1. The maximum atomic E-state index is 13.7. The molecule has 1 atom stereocenters. The van der Waals surface area contributed by atoms with Crippen molar-refractivity contribution in [1.29, 1.82) is 0 Å². The molecule has 0 spiro atoms. The number of hydrogen-bond donors (Lipinski definition) is 1. The second kappa shape index (κ2) is 6.03. The molecule has 1 aliphatic heterocycles. The number of halogens is 3. The van der Waals surface area contributed by atoms with Gasteiger partial charge < -0.3 is 5.32 Å². The lowest BCUT2D eigenvalue weighted by Crippen LogP contribution is -2.20. The van der Waals surface area contributed by atoms with Gasteiger partial charge in [-0.05, 0) is 24.3 Å². The van der Waals surface area contributed by atoms with Crippen molar-refractivity contribution in [3.63, 3.8) is 0 Å². The average molecular weight is 436 g/mol. The van der Waals surface area contributed by atoms with Crippen LogP contribution in [0.3, 0.4) is 0 Å². The van der Waals surface area contributed by atoms with E-state index < -0.39 is 22.7 Å². The molecule has 0 fully saturated rings. The van der Waals surface area contributed by atoms with Crippen LogP contribution >= 0.6 is 27.5 Å². The summed E-state index contributed by atoms with van der Waals surface area (Å²) >= 11 is 9.61. The third kappa shape index (κ3) is 2.47. The van der Waals surface area contributed by atoms with Gasteiger partial charge in [0.2, 0.25) is 0 Å². The van der Waals surface area contributed by atoms with E-state index in [2.05, 4.69) is 21.2 Å². The first-order valence-electron chi connectivity index (χ1n) is 7.54. The predicted octanol–water partition coefficient (Wildman–Crippen LogP) is 5.14. The Hall–Kier alpha value is -2.51. The summed E-state index contributed by atoms with van der Waals surface area (Å²) in [6.45, 7) is 0. The summed E-state index contributed by atoms with van der Waals surface area (Å²) in [5.41, 5.74) is 1.23. The van der Waals surface area contributed by atoms with Gasteiger partial charge in [0.15, 0.2) is 0 Å². The molecule has 0 saturated heterocycles. The number of nitrogens with one attached hydrogen (secondary N) is 1. The first-order valence-corrected chi connectivity index (χ1v) is 8.71. The number of rotatable bonds is 2. The normalized spacial score (nSPS) is 15.8. The van der Waals surface area contributed by atoms with Crippen LogP contribution in [0.15, 0.2) is 46.9 Å². The number of fused-ring (bicyclic) bond motifs is 3. The Bertz CT molecular complexity index is 1120. The van der Waals surface area contributed by atoms with Crippen LogP contribution in [-0.2, 0) is 0 Å². The molecule has 1 N–H and O–H groups in total. The zero-order chi connectivity index (χ0) is 18.6. The average Bonchev–Trinajstić information content (AvgIpc) is 2.95. The second-order valence-electron chi connectivity index (χ2n) is 5.85. The summed E-state index contributed by atoms with van der Waals surface area (Å²) in [5.74, 6) is -0.864. The fourth-order valence-corrected chi connectivity index (χ4v) is 4.21. The van der Waals surface area contributed by atoms with Gasteiger partial charge in [0.1, 0.15) is 5.82 Å². The molecule has 1 aliphatic rings. The van der Waals surface area contributed by atoms with Crippen LogP contribution in [0.2, 0.25) is 5.02 Å². The van der Waals surface area contributed by atoms with Crippen molar-refractivity contribution in [1.82, 2.24) is 5.32 Å². The number of benzene rings is 3. The lowest BCUT2D eigenvalue weighted by molar-refractivity contribution is -0.383. The van der Waals surface area contributed by atoms with E-state index >= 15 is 0 Å². The lowest BCUT2D eigenvalue weighted by Gasteiger charge is -2.16. The Morgan fingerprint density at radius 1 is 1.19 bits per heavy atom. The minimum Gasteiger partial charge on any atom is -0.341 e. The molecular formula is C18H9BrClFN2O3. The van der Waals surface area contributed by atoms with Crippen molar-refractivity contribution < 1.29 is 14.1 Å². The van der Waals surface area contributed by atoms with Gasteiger partial charge in [-0.1, -0.05) is 39.7 Å². The van der Waals surface area contributed by atoms with Crippen LogP contribution in [0.1, 0.15) is 27.5 Å². The maximum absolute atomic E-state index is 13.7. The van der Waals surface area contributed by atoms with Gasteiger partial charge in [0.05, 0.1) is 21.9 Å². The van der Waals surface area contributed by atoms with Crippen LogP contribution < -0.4 is 5.32 Å². The quantitative estimate of drug-likeness (QED) is 0.448. The first kappa shape index (κ1) is 16.9.